The molecule has 0 bridgehead atoms. The molecule has 0 atom stereocenters. The second-order valence-electron chi connectivity index (χ2n) is 7.55. The molecule has 0 unspecified atom stereocenters. The van der Waals surface area contributed by atoms with Crippen LogP contribution in [0.4, 0.5) is 5.82 Å². The zero-order chi connectivity index (χ0) is 20.1. The average molecular weight is 387 g/mol. The number of piperidine rings is 1. The van der Waals surface area contributed by atoms with Crippen LogP contribution in [0.3, 0.4) is 0 Å². The maximum Gasteiger partial charge on any atom is 0.228 e. The van der Waals surface area contributed by atoms with Gasteiger partial charge in [-0.05, 0) is 45.5 Å². The first-order valence-corrected chi connectivity index (χ1v) is 9.76. The molecule has 0 radical (unpaired) electrons. The molecule has 2 amide bonds. The fraction of sp³-hybridized carbons (Fsp3) is 0.550. The molecule has 0 aliphatic carbocycles. The maximum atomic E-state index is 12.6. The van der Waals surface area contributed by atoms with Crippen LogP contribution in [0.25, 0.3) is 10.9 Å². The van der Waals surface area contributed by atoms with Gasteiger partial charge in [0.2, 0.25) is 11.8 Å². The van der Waals surface area contributed by atoms with Crippen molar-refractivity contribution >= 4 is 28.5 Å². The van der Waals surface area contributed by atoms with Gasteiger partial charge in [0.25, 0.3) is 0 Å². The first-order chi connectivity index (χ1) is 13.4. The van der Waals surface area contributed by atoms with E-state index in [4.69, 9.17) is 4.74 Å². The van der Waals surface area contributed by atoms with E-state index in [1.807, 2.05) is 32.3 Å². The molecule has 1 aliphatic heterocycles. The van der Waals surface area contributed by atoms with Crippen LogP contribution < -0.4 is 10.1 Å². The van der Waals surface area contributed by atoms with Gasteiger partial charge in [-0.1, -0.05) is 0 Å². The Morgan fingerprint density at radius 3 is 2.75 bits per heavy atom. The Balaban J connectivity index is 1.57. The van der Waals surface area contributed by atoms with E-state index >= 15 is 0 Å². The van der Waals surface area contributed by atoms with Crippen molar-refractivity contribution in [3.63, 3.8) is 0 Å². The fourth-order valence-electron chi connectivity index (χ4n) is 3.43. The summed E-state index contributed by atoms with van der Waals surface area (Å²) in [5.41, 5.74) is 0.826. The van der Waals surface area contributed by atoms with Crippen LogP contribution in [0.5, 0.6) is 5.75 Å². The molecule has 1 aromatic heterocycles. The number of ether oxygens (including phenoxy) is 1. The highest BCUT2D eigenvalue weighted by atomic mass is 16.5. The minimum Gasteiger partial charge on any atom is -0.493 e. The van der Waals surface area contributed by atoms with Crippen molar-refractivity contribution in [2.45, 2.75) is 26.2 Å². The largest absolute Gasteiger partial charge is 0.493 e. The molecule has 0 saturated carbocycles. The molecular weight excluding hydrogens is 358 g/mol. The topological polar surface area (TPSA) is 90.6 Å². The molecule has 8 nitrogen and oxygen atoms in total. The molecular formula is C20H29N5O3. The van der Waals surface area contributed by atoms with Crippen LogP contribution in [0.1, 0.15) is 26.2 Å². The van der Waals surface area contributed by atoms with Gasteiger partial charge in [-0.3, -0.25) is 14.7 Å². The number of benzene rings is 1. The van der Waals surface area contributed by atoms with Crippen molar-refractivity contribution in [2.24, 2.45) is 5.92 Å². The number of nitrogens with zero attached hydrogens (tertiary/aromatic N) is 3. The second kappa shape index (κ2) is 9.05. The van der Waals surface area contributed by atoms with E-state index in [2.05, 4.69) is 20.4 Å². The van der Waals surface area contributed by atoms with Crippen LogP contribution in [0.2, 0.25) is 0 Å². The lowest BCUT2D eigenvalue weighted by atomic mass is 9.96. The SMILES string of the molecule is CC(=O)N1CCC(C(=O)Nc2n[nH]c3cc(OCCCN(C)C)ccc23)CC1. The summed E-state index contributed by atoms with van der Waals surface area (Å²) in [6, 6.07) is 5.71. The number of carbonyl (C=O) groups excluding carboxylic acids is 2. The number of likely N-dealkylation sites (tertiary alicyclic amines) is 1. The molecule has 2 aromatic rings. The minimum absolute atomic E-state index is 0.0411. The molecule has 28 heavy (non-hydrogen) atoms. The zero-order valence-electron chi connectivity index (χ0n) is 16.8. The van der Waals surface area contributed by atoms with Crippen LogP contribution >= 0.6 is 0 Å². The number of nitrogens with one attached hydrogen (secondary N) is 2. The normalized spacial score (nSPS) is 15.2. The molecule has 2 heterocycles. The first kappa shape index (κ1) is 20.1. The number of hydrogen-bond donors (Lipinski definition) is 2. The third-order valence-corrected chi connectivity index (χ3v) is 5.11. The predicted molar refractivity (Wildman–Crippen MR) is 108 cm³/mol. The predicted octanol–water partition coefficient (Wildman–Crippen LogP) is 2.09. The van der Waals surface area contributed by atoms with Gasteiger partial charge >= 0.3 is 0 Å². The number of H-pyrrole nitrogens is 1. The van der Waals surface area contributed by atoms with Crippen LogP contribution in [0, 0.1) is 5.92 Å². The van der Waals surface area contributed by atoms with Crippen molar-refractivity contribution in [2.75, 3.05) is 45.7 Å². The number of rotatable bonds is 7. The van der Waals surface area contributed by atoms with Gasteiger partial charge in [-0.15, -0.1) is 0 Å². The molecule has 1 aliphatic rings. The summed E-state index contributed by atoms with van der Waals surface area (Å²) in [6.45, 7) is 4.46. The molecule has 152 valence electrons. The highest BCUT2D eigenvalue weighted by Crippen LogP contribution is 2.26. The third-order valence-electron chi connectivity index (χ3n) is 5.11. The Labute approximate surface area is 165 Å². The van der Waals surface area contributed by atoms with Crippen molar-refractivity contribution in [3.05, 3.63) is 18.2 Å². The van der Waals surface area contributed by atoms with E-state index in [-0.39, 0.29) is 17.7 Å². The van der Waals surface area contributed by atoms with Crippen molar-refractivity contribution in [1.82, 2.24) is 20.0 Å². The van der Waals surface area contributed by atoms with Gasteiger partial charge < -0.3 is 19.9 Å². The van der Waals surface area contributed by atoms with Crippen LogP contribution in [-0.4, -0.2) is 72.1 Å². The molecule has 0 spiro atoms. The summed E-state index contributed by atoms with van der Waals surface area (Å²) in [4.78, 5) is 27.9. The highest BCUT2D eigenvalue weighted by Gasteiger charge is 2.26. The number of aromatic nitrogens is 2. The number of fused-ring (bicyclic) bond motifs is 1. The minimum atomic E-state index is -0.0957. The monoisotopic (exact) mass is 387 g/mol. The summed E-state index contributed by atoms with van der Waals surface area (Å²) >= 11 is 0. The highest BCUT2D eigenvalue weighted by molar-refractivity contribution is 6.00. The quantitative estimate of drug-likeness (QED) is 0.710. The van der Waals surface area contributed by atoms with Crippen molar-refractivity contribution in [3.8, 4) is 5.75 Å². The Morgan fingerprint density at radius 2 is 2.07 bits per heavy atom. The van der Waals surface area contributed by atoms with Gasteiger partial charge in [0.15, 0.2) is 5.82 Å². The zero-order valence-corrected chi connectivity index (χ0v) is 16.8. The lowest BCUT2D eigenvalue weighted by Crippen LogP contribution is -2.40. The van der Waals surface area contributed by atoms with Crippen molar-refractivity contribution in [1.29, 1.82) is 0 Å². The molecule has 1 fully saturated rings. The summed E-state index contributed by atoms with van der Waals surface area (Å²) in [5, 5.41) is 11.0. The Bertz CT molecular complexity index is 824. The van der Waals surface area contributed by atoms with Gasteiger partial charge in [0, 0.05) is 43.9 Å². The number of anilines is 1. The smallest absolute Gasteiger partial charge is 0.228 e. The fourth-order valence-corrected chi connectivity index (χ4v) is 3.43. The van der Waals surface area contributed by atoms with E-state index < -0.39 is 0 Å². The van der Waals surface area contributed by atoms with Gasteiger partial charge in [-0.25, -0.2) is 0 Å². The Morgan fingerprint density at radius 1 is 1.32 bits per heavy atom. The van der Waals surface area contributed by atoms with E-state index in [0.29, 0.717) is 38.4 Å². The summed E-state index contributed by atoms with van der Waals surface area (Å²) in [6.07, 6.45) is 2.31. The Hall–Kier alpha value is -2.61. The molecule has 3 rings (SSSR count). The van der Waals surface area contributed by atoms with Gasteiger partial charge in [0.1, 0.15) is 5.75 Å². The summed E-state index contributed by atoms with van der Waals surface area (Å²) < 4.78 is 5.79. The lowest BCUT2D eigenvalue weighted by Gasteiger charge is -2.30. The Kier molecular flexibility index (Phi) is 6.51. The average Bonchev–Trinajstić information content (AvgIpc) is 3.07. The van der Waals surface area contributed by atoms with E-state index in [9.17, 15) is 9.59 Å². The molecule has 1 aromatic carbocycles. The van der Waals surface area contributed by atoms with Gasteiger partial charge in [0.05, 0.1) is 12.1 Å². The number of amides is 2. The van der Waals surface area contributed by atoms with Crippen LogP contribution in [-0.2, 0) is 9.59 Å². The summed E-state index contributed by atoms with van der Waals surface area (Å²) in [5.74, 6) is 1.25. The summed E-state index contributed by atoms with van der Waals surface area (Å²) in [7, 11) is 4.08. The van der Waals surface area contributed by atoms with Gasteiger partial charge in [-0.2, -0.15) is 5.10 Å². The first-order valence-electron chi connectivity index (χ1n) is 9.76. The maximum absolute atomic E-state index is 12.6. The number of hydrogen-bond acceptors (Lipinski definition) is 5. The standard InChI is InChI=1S/C20H29N5O3/c1-14(26)25-10-7-15(8-11-25)20(27)21-19-17-6-5-16(13-18(17)22-23-19)28-12-4-9-24(2)3/h5-6,13,15H,4,7-12H2,1-3H3,(H2,21,22,23,27). The number of carbonyl (C=O) groups is 2. The van der Waals surface area contributed by atoms with Crippen molar-refractivity contribution < 1.29 is 14.3 Å². The molecule has 8 heteroatoms. The molecule has 1 saturated heterocycles. The lowest BCUT2D eigenvalue weighted by molar-refractivity contribution is -0.132. The number of aromatic amines is 1. The van der Waals surface area contributed by atoms with E-state index in [1.54, 1.807) is 11.8 Å². The van der Waals surface area contributed by atoms with E-state index in [0.717, 1.165) is 29.6 Å². The molecule has 2 N–H and O–H groups in total. The third kappa shape index (κ3) is 5.01. The van der Waals surface area contributed by atoms with Crippen LogP contribution in [0.15, 0.2) is 18.2 Å². The second-order valence-corrected chi connectivity index (χ2v) is 7.55. The van der Waals surface area contributed by atoms with E-state index in [1.165, 1.54) is 0 Å².